The Hall–Kier alpha value is -1.61. The van der Waals surface area contributed by atoms with Gasteiger partial charge < -0.3 is 9.67 Å². The zero-order valence-electron chi connectivity index (χ0n) is 9.59. The van der Waals surface area contributed by atoms with Crippen molar-refractivity contribution in [2.24, 2.45) is 0 Å². The van der Waals surface area contributed by atoms with E-state index in [0.29, 0.717) is 6.42 Å². The van der Waals surface area contributed by atoms with Gasteiger partial charge in [0.25, 0.3) is 0 Å². The third-order valence-corrected chi connectivity index (χ3v) is 2.77. The zero-order valence-corrected chi connectivity index (χ0v) is 9.59. The second kappa shape index (κ2) is 4.49. The van der Waals surface area contributed by atoms with Crippen molar-refractivity contribution < 1.29 is 5.11 Å². The molecule has 0 fully saturated rings. The molecule has 0 radical (unpaired) electrons. The molecule has 84 valence electrons. The molecule has 3 nitrogen and oxygen atoms in total. The molecule has 1 aromatic carbocycles. The van der Waals surface area contributed by atoms with Crippen LogP contribution in [0.4, 0.5) is 0 Å². The fraction of sp³-hybridized carbons (Fsp3) is 0.308. The molecule has 16 heavy (non-hydrogen) atoms. The summed E-state index contributed by atoms with van der Waals surface area (Å²) in [4.78, 5) is 4.20. The number of para-hydroxylation sites is 1. The van der Waals surface area contributed by atoms with Crippen molar-refractivity contribution in [3.05, 3.63) is 48.0 Å². The molecule has 0 spiro atoms. The smallest absolute Gasteiger partial charge is 0.110 e. The molecule has 1 N–H and O–H groups in total. The standard InChI is InChI=1S/C13H16N2O/c1-3-13(16)11-6-4-5-7-12(11)15-9-8-14-10(15)2/h4-9,13,16H,3H2,1-2H3/t13-/m1/s1. The first-order valence-corrected chi connectivity index (χ1v) is 5.51. The van der Waals surface area contributed by atoms with E-state index in [9.17, 15) is 5.11 Å². The maximum absolute atomic E-state index is 9.97. The highest BCUT2D eigenvalue weighted by Gasteiger charge is 2.12. The van der Waals surface area contributed by atoms with Crippen molar-refractivity contribution >= 4 is 0 Å². The molecule has 0 aliphatic heterocycles. The molecule has 2 aromatic rings. The minimum Gasteiger partial charge on any atom is -0.388 e. The Kier molecular flexibility index (Phi) is 3.06. The highest BCUT2D eigenvalue weighted by molar-refractivity contribution is 5.43. The van der Waals surface area contributed by atoms with E-state index in [1.807, 2.05) is 48.9 Å². The lowest BCUT2D eigenvalue weighted by Gasteiger charge is -2.15. The summed E-state index contributed by atoms with van der Waals surface area (Å²) in [6.45, 7) is 3.93. The van der Waals surface area contributed by atoms with Gasteiger partial charge in [0.15, 0.2) is 0 Å². The number of aliphatic hydroxyl groups excluding tert-OH is 1. The monoisotopic (exact) mass is 216 g/mol. The second-order valence-corrected chi connectivity index (χ2v) is 3.83. The van der Waals surface area contributed by atoms with Crippen LogP contribution in [0.25, 0.3) is 5.69 Å². The van der Waals surface area contributed by atoms with Crippen molar-refractivity contribution in [3.63, 3.8) is 0 Å². The molecule has 0 amide bonds. The highest BCUT2D eigenvalue weighted by atomic mass is 16.3. The number of aliphatic hydroxyl groups is 1. The van der Waals surface area contributed by atoms with Gasteiger partial charge in [-0.1, -0.05) is 25.1 Å². The molecule has 0 saturated heterocycles. The Bertz CT molecular complexity index is 476. The summed E-state index contributed by atoms with van der Waals surface area (Å²) in [5.74, 6) is 0.927. The fourth-order valence-electron chi connectivity index (χ4n) is 1.84. The normalized spacial score (nSPS) is 12.7. The Balaban J connectivity index is 2.53. The quantitative estimate of drug-likeness (QED) is 0.856. The average molecular weight is 216 g/mol. The molecule has 3 heteroatoms. The predicted octanol–water partition coefficient (Wildman–Crippen LogP) is 2.62. The van der Waals surface area contributed by atoms with E-state index in [1.165, 1.54) is 0 Å². The van der Waals surface area contributed by atoms with Gasteiger partial charge in [0.05, 0.1) is 11.8 Å². The molecule has 0 unspecified atom stereocenters. The molecular weight excluding hydrogens is 200 g/mol. The van der Waals surface area contributed by atoms with Crippen molar-refractivity contribution in [3.8, 4) is 5.69 Å². The molecular formula is C13H16N2O. The average Bonchev–Trinajstić information content (AvgIpc) is 2.74. The summed E-state index contributed by atoms with van der Waals surface area (Å²) in [7, 11) is 0. The SMILES string of the molecule is CC[C@@H](O)c1ccccc1-n1ccnc1C. The van der Waals surface area contributed by atoms with Crippen LogP contribution in [-0.2, 0) is 0 Å². The van der Waals surface area contributed by atoms with E-state index in [0.717, 1.165) is 17.1 Å². The second-order valence-electron chi connectivity index (χ2n) is 3.83. The number of rotatable bonds is 3. The number of aromatic nitrogens is 2. The molecule has 1 atom stereocenters. The summed E-state index contributed by atoms with van der Waals surface area (Å²) in [5.41, 5.74) is 1.96. The summed E-state index contributed by atoms with van der Waals surface area (Å²) in [6.07, 6.45) is 3.98. The van der Waals surface area contributed by atoms with Gasteiger partial charge in [-0.05, 0) is 19.4 Å². The van der Waals surface area contributed by atoms with Gasteiger partial charge in [-0.2, -0.15) is 0 Å². The van der Waals surface area contributed by atoms with E-state index in [1.54, 1.807) is 6.20 Å². The van der Waals surface area contributed by atoms with Crippen molar-refractivity contribution in [1.29, 1.82) is 0 Å². The number of hydrogen-bond acceptors (Lipinski definition) is 2. The van der Waals surface area contributed by atoms with E-state index in [-0.39, 0.29) is 0 Å². The molecule has 0 bridgehead atoms. The van der Waals surface area contributed by atoms with Crippen LogP contribution in [-0.4, -0.2) is 14.7 Å². The number of aryl methyl sites for hydroxylation is 1. The Labute approximate surface area is 95.4 Å². The van der Waals surface area contributed by atoms with Gasteiger partial charge in [-0.3, -0.25) is 0 Å². The van der Waals surface area contributed by atoms with Crippen LogP contribution >= 0.6 is 0 Å². The van der Waals surface area contributed by atoms with Gasteiger partial charge in [0.2, 0.25) is 0 Å². The van der Waals surface area contributed by atoms with Crippen molar-refractivity contribution in [2.45, 2.75) is 26.4 Å². The fourth-order valence-corrected chi connectivity index (χ4v) is 1.84. The summed E-state index contributed by atoms with van der Waals surface area (Å²) in [5, 5.41) is 9.97. The molecule has 1 aromatic heterocycles. The Morgan fingerprint density at radius 1 is 1.38 bits per heavy atom. The first-order chi connectivity index (χ1) is 7.74. The first-order valence-electron chi connectivity index (χ1n) is 5.51. The van der Waals surface area contributed by atoms with Crippen LogP contribution < -0.4 is 0 Å². The molecule has 2 rings (SSSR count). The third-order valence-electron chi connectivity index (χ3n) is 2.77. The van der Waals surface area contributed by atoms with Crippen LogP contribution in [0.5, 0.6) is 0 Å². The Morgan fingerprint density at radius 3 is 2.75 bits per heavy atom. The lowest BCUT2D eigenvalue weighted by Crippen LogP contribution is -2.04. The van der Waals surface area contributed by atoms with Crippen LogP contribution in [0.1, 0.15) is 30.8 Å². The molecule has 0 aliphatic rings. The van der Waals surface area contributed by atoms with Gasteiger partial charge in [0.1, 0.15) is 5.82 Å². The van der Waals surface area contributed by atoms with E-state index < -0.39 is 6.10 Å². The number of nitrogens with zero attached hydrogens (tertiary/aromatic N) is 2. The Morgan fingerprint density at radius 2 is 2.12 bits per heavy atom. The van der Waals surface area contributed by atoms with Gasteiger partial charge in [-0.15, -0.1) is 0 Å². The van der Waals surface area contributed by atoms with Crippen LogP contribution in [0.3, 0.4) is 0 Å². The largest absolute Gasteiger partial charge is 0.388 e. The lowest BCUT2D eigenvalue weighted by atomic mass is 10.1. The highest BCUT2D eigenvalue weighted by Crippen LogP contribution is 2.24. The van der Waals surface area contributed by atoms with E-state index >= 15 is 0 Å². The van der Waals surface area contributed by atoms with Gasteiger partial charge in [0, 0.05) is 18.0 Å². The number of imidazole rings is 1. The maximum atomic E-state index is 9.97. The maximum Gasteiger partial charge on any atom is 0.110 e. The molecule has 0 aliphatic carbocycles. The molecule has 0 saturated carbocycles. The predicted molar refractivity (Wildman–Crippen MR) is 63.6 cm³/mol. The van der Waals surface area contributed by atoms with Crippen LogP contribution in [0, 0.1) is 6.92 Å². The molecule has 1 heterocycles. The van der Waals surface area contributed by atoms with Crippen LogP contribution in [0.15, 0.2) is 36.7 Å². The summed E-state index contributed by atoms with van der Waals surface area (Å²) < 4.78 is 1.99. The van der Waals surface area contributed by atoms with Crippen molar-refractivity contribution in [1.82, 2.24) is 9.55 Å². The number of benzene rings is 1. The summed E-state index contributed by atoms with van der Waals surface area (Å²) >= 11 is 0. The first kappa shape index (κ1) is 10.9. The van der Waals surface area contributed by atoms with Gasteiger partial charge in [-0.25, -0.2) is 4.98 Å². The summed E-state index contributed by atoms with van der Waals surface area (Å²) in [6, 6.07) is 7.89. The minimum absolute atomic E-state index is 0.419. The third kappa shape index (κ3) is 1.86. The van der Waals surface area contributed by atoms with E-state index in [4.69, 9.17) is 0 Å². The van der Waals surface area contributed by atoms with E-state index in [2.05, 4.69) is 4.98 Å². The van der Waals surface area contributed by atoms with Crippen molar-refractivity contribution in [2.75, 3.05) is 0 Å². The topological polar surface area (TPSA) is 38.0 Å². The van der Waals surface area contributed by atoms with Gasteiger partial charge >= 0.3 is 0 Å². The number of hydrogen-bond donors (Lipinski definition) is 1. The zero-order chi connectivity index (χ0) is 11.5. The lowest BCUT2D eigenvalue weighted by molar-refractivity contribution is 0.173. The minimum atomic E-state index is -0.419. The van der Waals surface area contributed by atoms with Crippen LogP contribution in [0.2, 0.25) is 0 Å².